The number of aromatic nitrogens is 3. The third-order valence-corrected chi connectivity index (χ3v) is 3.60. The Bertz CT molecular complexity index is 497. The predicted octanol–water partition coefficient (Wildman–Crippen LogP) is 2.80. The standard InChI is InChI=1S/C12H15FN4S/c1-3-9(14-4-2)11-16-17-12(18-11)10-6-5-8(13)7-15-10/h5-7,9,14H,3-4H2,1-2H3. The molecule has 2 heterocycles. The van der Waals surface area contributed by atoms with Crippen LogP contribution in [0.3, 0.4) is 0 Å². The van der Waals surface area contributed by atoms with Gasteiger partial charge in [-0.3, -0.25) is 4.98 Å². The zero-order valence-electron chi connectivity index (χ0n) is 10.4. The van der Waals surface area contributed by atoms with Crippen LogP contribution in [0.2, 0.25) is 0 Å². The molecule has 2 aromatic heterocycles. The molecule has 0 aromatic carbocycles. The Morgan fingerprint density at radius 1 is 1.33 bits per heavy atom. The second-order valence-corrected chi connectivity index (χ2v) is 4.83. The Kier molecular flexibility index (Phi) is 4.33. The number of nitrogens with zero attached hydrogens (tertiary/aromatic N) is 3. The van der Waals surface area contributed by atoms with Gasteiger partial charge in [0.25, 0.3) is 0 Å². The fourth-order valence-electron chi connectivity index (χ4n) is 1.63. The van der Waals surface area contributed by atoms with Crippen molar-refractivity contribution in [3.8, 4) is 10.7 Å². The van der Waals surface area contributed by atoms with Crippen molar-refractivity contribution < 1.29 is 4.39 Å². The predicted molar refractivity (Wildman–Crippen MR) is 69.8 cm³/mol. The van der Waals surface area contributed by atoms with Crippen LogP contribution in [0.15, 0.2) is 18.3 Å². The summed E-state index contributed by atoms with van der Waals surface area (Å²) in [6.45, 7) is 5.05. The van der Waals surface area contributed by atoms with Crippen molar-refractivity contribution in [2.45, 2.75) is 26.3 Å². The number of pyridine rings is 1. The normalized spacial score (nSPS) is 12.6. The highest BCUT2D eigenvalue weighted by Gasteiger charge is 2.15. The molecule has 0 aliphatic heterocycles. The fourth-order valence-corrected chi connectivity index (χ4v) is 2.61. The van der Waals surface area contributed by atoms with E-state index < -0.39 is 0 Å². The first-order chi connectivity index (χ1) is 8.74. The lowest BCUT2D eigenvalue weighted by atomic mass is 10.2. The molecule has 1 N–H and O–H groups in total. The van der Waals surface area contributed by atoms with Crippen molar-refractivity contribution in [2.75, 3.05) is 6.54 Å². The Hall–Kier alpha value is -1.40. The topological polar surface area (TPSA) is 50.7 Å². The van der Waals surface area contributed by atoms with Crippen molar-refractivity contribution in [3.05, 3.63) is 29.2 Å². The fraction of sp³-hybridized carbons (Fsp3) is 0.417. The molecule has 0 spiro atoms. The van der Waals surface area contributed by atoms with E-state index in [9.17, 15) is 4.39 Å². The van der Waals surface area contributed by atoms with Crippen molar-refractivity contribution in [3.63, 3.8) is 0 Å². The van der Waals surface area contributed by atoms with Crippen LogP contribution < -0.4 is 5.32 Å². The highest BCUT2D eigenvalue weighted by Crippen LogP contribution is 2.26. The van der Waals surface area contributed by atoms with Gasteiger partial charge in [-0.15, -0.1) is 10.2 Å². The first kappa shape index (κ1) is 13.0. The molecule has 0 amide bonds. The summed E-state index contributed by atoms with van der Waals surface area (Å²) in [4.78, 5) is 4.01. The van der Waals surface area contributed by atoms with Crippen LogP contribution in [-0.4, -0.2) is 21.7 Å². The van der Waals surface area contributed by atoms with Gasteiger partial charge < -0.3 is 5.32 Å². The molecule has 0 fully saturated rings. The van der Waals surface area contributed by atoms with E-state index in [2.05, 4.69) is 34.3 Å². The van der Waals surface area contributed by atoms with Gasteiger partial charge >= 0.3 is 0 Å². The minimum absolute atomic E-state index is 0.224. The molecule has 1 unspecified atom stereocenters. The second kappa shape index (κ2) is 5.97. The van der Waals surface area contributed by atoms with Crippen molar-refractivity contribution in [2.24, 2.45) is 0 Å². The molecular formula is C12H15FN4S. The Balaban J connectivity index is 2.21. The van der Waals surface area contributed by atoms with E-state index in [1.54, 1.807) is 6.07 Å². The molecule has 2 aromatic rings. The molecule has 6 heteroatoms. The van der Waals surface area contributed by atoms with Crippen molar-refractivity contribution in [1.82, 2.24) is 20.5 Å². The first-order valence-electron chi connectivity index (χ1n) is 5.93. The lowest BCUT2D eigenvalue weighted by Gasteiger charge is -2.10. The van der Waals surface area contributed by atoms with Crippen LogP contribution in [0.25, 0.3) is 10.7 Å². The molecule has 2 rings (SSSR count). The van der Waals surface area contributed by atoms with Gasteiger partial charge in [0, 0.05) is 0 Å². The zero-order valence-corrected chi connectivity index (χ0v) is 11.2. The van der Waals surface area contributed by atoms with E-state index in [0.29, 0.717) is 5.69 Å². The lowest BCUT2D eigenvalue weighted by molar-refractivity contribution is 0.531. The van der Waals surface area contributed by atoms with Crippen LogP contribution in [0.1, 0.15) is 31.3 Å². The van der Waals surface area contributed by atoms with Crippen LogP contribution in [0, 0.1) is 5.82 Å². The molecule has 0 bridgehead atoms. The van der Waals surface area contributed by atoms with Gasteiger partial charge in [0.15, 0.2) is 5.01 Å². The quantitative estimate of drug-likeness (QED) is 0.904. The summed E-state index contributed by atoms with van der Waals surface area (Å²) in [6.07, 6.45) is 2.15. The van der Waals surface area contributed by atoms with Crippen LogP contribution >= 0.6 is 11.3 Å². The SMILES string of the molecule is CCNC(CC)c1nnc(-c2ccc(F)cn2)s1. The minimum atomic E-state index is -0.345. The maximum Gasteiger partial charge on any atom is 0.166 e. The van der Waals surface area contributed by atoms with E-state index >= 15 is 0 Å². The highest BCUT2D eigenvalue weighted by molar-refractivity contribution is 7.14. The summed E-state index contributed by atoms with van der Waals surface area (Å²) in [5.74, 6) is -0.345. The Labute approximate surface area is 109 Å². The number of hydrogen-bond donors (Lipinski definition) is 1. The Morgan fingerprint density at radius 2 is 2.17 bits per heavy atom. The van der Waals surface area contributed by atoms with Gasteiger partial charge in [-0.25, -0.2) is 4.39 Å². The molecule has 0 radical (unpaired) electrons. The second-order valence-electron chi connectivity index (χ2n) is 3.83. The Morgan fingerprint density at radius 3 is 2.78 bits per heavy atom. The number of rotatable bonds is 5. The molecule has 18 heavy (non-hydrogen) atoms. The summed E-state index contributed by atoms with van der Waals surface area (Å²) in [5, 5.41) is 13.3. The van der Waals surface area contributed by atoms with Crippen molar-refractivity contribution in [1.29, 1.82) is 0 Å². The molecule has 0 saturated carbocycles. The summed E-state index contributed by atoms with van der Waals surface area (Å²) < 4.78 is 12.8. The third-order valence-electron chi connectivity index (χ3n) is 2.54. The minimum Gasteiger partial charge on any atom is -0.308 e. The molecule has 0 saturated heterocycles. The molecule has 0 aliphatic carbocycles. The van der Waals surface area contributed by atoms with Gasteiger partial charge in [0.05, 0.1) is 12.2 Å². The summed E-state index contributed by atoms with van der Waals surface area (Å²) >= 11 is 1.49. The number of halogens is 1. The smallest absolute Gasteiger partial charge is 0.166 e. The van der Waals surface area contributed by atoms with E-state index in [4.69, 9.17) is 0 Å². The molecule has 4 nitrogen and oxygen atoms in total. The van der Waals surface area contributed by atoms with Gasteiger partial charge in [0.2, 0.25) is 0 Å². The molecule has 0 aliphatic rings. The molecule has 1 atom stereocenters. The number of nitrogens with one attached hydrogen (secondary N) is 1. The first-order valence-corrected chi connectivity index (χ1v) is 6.75. The van der Waals surface area contributed by atoms with Gasteiger partial charge in [-0.2, -0.15) is 0 Å². The maximum atomic E-state index is 12.8. The molecule has 96 valence electrons. The maximum absolute atomic E-state index is 12.8. The van der Waals surface area contributed by atoms with Gasteiger partial charge in [-0.1, -0.05) is 25.2 Å². The summed E-state index contributed by atoms with van der Waals surface area (Å²) in [6, 6.07) is 3.22. The lowest BCUT2D eigenvalue weighted by Crippen LogP contribution is -2.19. The van der Waals surface area contributed by atoms with E-state index in [1.807, 2.05) is 0 Å². The van der Waals surface area contributed by atoms with E-state index in [-0.39, 0.29) is 11.9 Å². The zero-order chi connectivity index (χ0) is 13.0. The van der Waals surface area contributed by atoms with Crippen molar-refractivity contribution >= 4 is 11.3 Å². The monoisotopic (exact) mass is 266 g/mol. The van der Waals surface area contributed by atoms with Crippen LogP contribution in [0.5, 0.6) is 0 Å². The molecular weight excluding hydrogens is 251 g/mol. The summed E-state index contributed by atoms with van der Waals surface area (Å²) in [5.41, 5.74) is 0.659. The van der Waals surface area contributed by atoms with Crippen LogP contribution in [0.4, 0.5) is 4.39 Å². The largest absolute Gasteiger partial charge is 0.308 e. The van der Waals surface area contributed by atoms with Gasteiger partial charge in [0.1, 0.15) is 16.5 Å². The third kappa shape index (κ3) is 2.88. The highest BCUT2D eigenvalue weighted by atomic mass is 32.1. The van der Waals surface area contributed by atoms with E-state index in [1.165, 1.54) is 23.6 Å². The average Bonchev–Trinajstić information content (AvgIpc) is 2.86. The number of hydrogen-bond acceptors (Lipinski definition) is 5. The van der Waals surface area contributed by atoms with Gasteiger partial charge in [-0.05, 0) is 25.1 Å². The van der Waals surface area contributed by atoms with Crippen LogP contribution in [-0.2, 0) is 0 Å². The van der Waals surface area contributed by atoms with E-state index in [0.717, 1.165) is 23.0 Å². The summed E-state index contributed by atoms with van der Waals surface area (Å²) in [7, 11) is 0. The average molecular weight is 266 g/mol.